The van der Waals surface area contributed by atoms with Gasteiger partial charge in [0.05, 0.1) is 0 Å². The van der Waals surface area contributed by atoms with E-state index in [1.165, 1.54) is 90.1 Å². The molecule has 3 heteroatoms. The molecule has 2 aromatic heterocycles. The Hall–Kier alpha value is -6.52. The van der Waals surface area contributed by atoms with Gasteiger partial charge in [-0.1, -0.05) is 152 Å². The molecule has 2 heterocycles. The average Bonchev–Trinajstić information content (AvgIpc) is 3.85. The first-order chi connectivity index (χ1) is 27.7. The molecule has 0 saturated heterocycles. The zero-order valence-electron chi connectivity index (χ0n) is 30.5. The number of nitrogens with zero attached hydrogens (tertiary/aromatic N) is 1. The number of hydrogen-bond acceptors (Lipinski definition) is 3. The molecule has 1 nitrogen and oxygen atoms in total. The first-order valence-electron chi connectivity index (χ1n) is 19.1. The second-order valence-electron chi connectivity index (χ2n) is 14.5. The van der Waals surface area contributed by atoms with E-state index in [-0.39, 0.29) is 0 Å². The smallest absolute Gasteiger partial charge is 0.0487 e. The van der Waals surface area contributed by atoms with E-state index in [0.717, 1.165) is 11.4 Å². The lowest BCUT2D eigenvalue weighted by Gasteiger charge is -2.27. The summed E-state index contributed by atoms with van der Waals surface area (Å²) in [4.78, 5) is 2.49. The second-order valence-corrected chi connectivity index (χ2v) is 16.6. The maximum absolute atomic E-state index is 2.49. The Labute approximate surface area is 334 Å². The van der Waals surface area contributed by atoms with Gasteiger partial charge in [-0.15, -0.1) is 22.7 Å². The van der Waals surface area contributed by atoms with Crippen molar-refractivity contribution in [1.82, 2.24) is 0 Å². The van der Waals surface area contributed by atoms with Gasteiger partial charge in [-0.05, 0) is 98.2 Å². The zero-order valence-corrected chi connectivity index (χ0v) is 32.2. The summed E-state index contributed by atoms with van der Waals surface area (Å²) in [6.07, 6.45) is 0. The highest BCUT2D eigenvalue weighted by atomic mass is 32.1. The lowest BCUT2D eigenvalue weighted by molar-refractivity contribution is 0.978. The molecule has 0 radical (unpaired) electrons. The van der Waals surface area contributed by atoms with E-state index in [2.05, 4.69) is 205 Å². The second kappa shape index (κ2) is 13.6. The Morgan fingerprint density at radius 2 is 1.00 bits per heavy atom. The van der Waals surface area contributed by atoms with E-state index in [9.17, 15) is 0 Å². The lowest BCUT2D eigenvalue weighted by Crippen LogP contribution is -2.17. The van der Waals surface area contributed by atoms with Gasteiger partial charge in [0.1, 0.15) is 0 Å². The minimum atomic E-state index is 0.710. The van der Waals surface area contributed by atoms with Gasteiger partial charge >= 0.3 is 0 Å². The van der Waals surface area contributed by atoms with Crippen LogP contribution in [0.1, 0.15) is 5.56 Å². The van der Waals surface area contributed by atoms with Crippen LogP contribution in [0.15, 0.2) is 200 Å². The van der Waals surface area contributed by atoms with Crippen molar-refractivity contribution in [3.8, 4) is 33.4 Å². The first kappa shape index (κ1) is 32.9. The fraction of sp³-hybridized carbons (Fsp3) is 0.0189. The van der Waals surface area contributed by atoms with Crippen molar-refractivity contribution >= 4 is 85.2 Å². The summed E-state index contributed by atoms with van der Waals surface area (Å²) in [6.45, 7) is 0.710. The Bertz CT molecular complexity index is 3240. The highest BCUT2D eigenvalue weighted by molar-refractivity contribution is 7.26. The standard InChI is InChI=1S/C53H35NS2/c1-2-13-37-32-38(27-26-35(37)12-1)36-28-30-41(31-29-36)54(42-16-9-15-39(33-42)44-20-11-25-51-52(44)48-19-6-8-24-50(48)55-51)34-40-14-3-4-17-43(40)46-21-10-22-47-45-18-5-7-23-49(45)56-53(46)47/h1-33H,34H2. The van der Waals surface area contributed by atoms with Crippen LogP contribution < -0.4 is 4.90 Å². The largest absolute Gasteiger partial charge is 0.337 e. The third-order valence-corrected chi connectivity index (χ3v) is 13.5. The average molecular weight is 750 g/mol. The van der Waals surface area contributed by atoms with Crippen molar-refractivity contribution in [2.45, 2.75) is 6.54 Å². The molecule has 0 unspecified atom stereocenters. The van der Waals surface area contributed by atoms with Crippen LogP contribution in [0.5, 0.6) is 0 Å². The van der Waals surface area contributed by atoms with E-state index >= 15 is 0 Å². The van der Waals surface area contributed by atoms with Crippen LogP contribution in [0, 0.1) is 0 Å². The molecule has 0 amide bonds. The lowest BCUT2D eigenvalue weighted by atomic mass is 9.96. The van der Waals surface area contributed by atoms with Crippen LogP contribution in [0.4, 0.5) is 11.4 Å². The van der Waals surface area contributed by atoms with Crippen molar-refractivity contribution < 1.29 is 0 Å². The quantitative estimate of drug-likeness (QED) is 0.157. The van der Waals surface area contributed by atoms with Gasteiger partial charge in [-0.3, -0.25) is 0 Å². The van der Waals surface area contributed by atoms with Crippen molar-refractivity contribution in [3.05, 3.63) is 206 Å². The number of anilines is 2. The van der Waals surface area contributed by atoms with Gasteiger partial charge in [0, 0.05) is 58.3 Å². The van der Waals surface area contributed by atoms with E-state index in [4.69, 9.17) is 0 Å². The molecule has 264 valence electrons. The van der Waals surface area contributed by atoms with Gasteiger partial charge < -0.3 is 4.90 Å². The van der Waals surface area contributed by atoms with Crippen LogP contribution in [-0.4, -0.2) is 0 Å². The Morgan fingerprint density at radius 3 is 1.89 bits per heavy atom. The SMILES string of the molecule is c1cc(-c2cccc3sc4ccccc4c23)cc(N(Cc2ccccc2-c2cccc3c2sc2ccccc23)c2ccc(-c3ccc4ccccc4c3)cc2)c1. The molecule has 0 N–H and O–H groups in total. The summed E-state index contributed by atoms with van der Waals surface area (Å²) in [5.74, 6) is 0. The highest BCUT2D eigenvalue weighted by Crippen LogP contribution is 2.44. The van der Waals surface area contributed by atoms with Crippen LogP contribution in [0.2, 0.25) is 0 Å². The third-order valence-electron chi connectivity index (χ3n) is 11.2. The van der Waals surface area contributed by atoms with Gasteiger partial charge in [0.15, 0.2) is 0 Å². The van der Waals surface area contributed by atoms with Crippen LogP contribution in [-0.2, 0) is 6.54 Å². The summed E-state index contributed by atoms with van der Waals surface area (Å²) < 4.78 is 5.31. The number of thiophene rings is 2. The maximum Gasteiger partial charge on any atom is 0.0487 e. The highest BCUT2D eigenvalue weighted by Gasteiger charge is 2.18. The predicted octanol–water partition coefficient (Wildman–Crippen LogP) is 15.9. The van der Waals surface area contributed by atoms with Gasteiger partial charge in [0.25, 0.3) is 0 Å². The zero-order chi connectivity index (χ0) is 37.0. The molecule has 11 rings (SSSR count). The molecule has 11 aromatic rings. The number of rotatable bonds is 7. The van der Waals surface area contributed by atoms with Crippen molar-refractivity contribution in [2.75, 3.05) is 4.90 Å². The summed E-state index contributed by atoms with van der Waals surface area (Å²) in [5.41, 5.74) is 11.1. The monoisotopic (exact) mass is 749 g/mol. The molecule has 0 aliphatic rings. The van der Waals surface area contributed by atoms with E-state index in [1.807, 2.05) is 22.7 Å². The topological polar surface area (TPSA) is 3.24 Å². The third kappa shape index (κ3) is 5.67. The van der Waals surface area contributed by atoms with Crippen LogP contribution in [0.25, 0.3) is 84.5 Å². The fourth-order valence-electron chi connectivity index (χ4n) is 8.44. The minimum absolute atomic E-state index is 0.710. The van der Waals surface area contributed by atoms with Gasteiger partial charge in [0.2, 0.25) is 0 Å². The summed E-state index contributed by atoms with van der Waals surface area (Å²) >= 11 is 3.76. The normalized spacial score (nSPS) is 11.6. The maximum atomic E-state index is 2.49. The molecule has 0 atom stereocenters. The van der Waals surface area contributed by atoms with Crippen LogP contribution in [0.3, 0.4) is 0 Å². The minimum Gasteiger partial charge on any atom is -0.337 e. The summed E-state index contributed by atoms with van der Waals surface area (Å²) in [7, 11) is 0. The molecule has 9 aromatic carbocycles. The molecule has 0 aliphatic carbocycles. The molecule has 56 heavy (non-hydrogen) atoms. The number of benzene rings is 9. The molecule has 0 bridgehead atoms. The Morgan fingerprint density at radius 1 is 0.357 bits per heavy atom. The molecule has 0 spiro atoms. The van der Waals surface area contributed by atoms with E-state index in [1.54, 1.807) is 0 Å². The summed E-state index contributed by atoms with van der Waals surface area (Å²) in [6, 6.07) is 73.7. The van der Waals surface area contributed by atoms with Gasteiger partial charge in [-0.2, -0.15) is 0 Å². The molecule has 0 saturated carbocycles. The van der Waals surface area contributed by atoms with Crippen molar-refractivity contribution in [1.29, 1.82) is 0 Å². The molecule has 0 aliphatic heterocycles. The number of fused-ring (bicyclic) bond motifs is 7. The van der Waals surface area contributed by atoms with Crippen LogP contribution >= 0.6 is 22.7 Å². The Kier molecular flexibility index (Phi) is 8.01. The Balaban J connectivity index is 1.05. The van der Waals surface area contributed by atoms with Crippen molar-refractivity contribution in [3.63, 3.8) is 0 Å². The fourth-order valence-corrected chi connectivity index (χ4v) is 10.8. The first-order valence-corrected chi connectivity index (χ1v) is 20.7. The van der Waals surface area contributed by atoms with E-state index in [0.29, 0.717) is 6.54 Å². The summed E-state index contributed by atoms with van der Waals surface area (Å²) in [5, 5.41) is 7.81. The van der Waals surface area contributed by atoms with Crippen molar-refractivity contribution in [2.24, 2.45) is 0 Å². The van der Waals surface area contributed by atoms with Gasteiger partial charge in [-0.25, -0.2) is 0 Å². The predicted molar refractivity (Wildman–Crippen MR) is 245 cm³/mol. The molecular weight excluding hydrogens is 715 g/mol. The number of hydrogen-bond donors (Lipinski definition) is 0. The molecular formula is C53H35NS2. The molecule has 0 fully saturated rings. The van der Waals surface area contributed by atoms with E-state index < -0.39 is 0 Å².